The maximum absolute atomic E-state index is 13.7. The van der Waals surface area contributed by atoms with Gasteiger partial charge in [-0.1, -0.05) is 29.8 Å². The molecular formula is C29H25N3O4S. The molecule has 1 N–H and O–H groups in total. The van der Waals surface area contributed by atoms with Gasteiger partial charge in [0.1, 0.15) is 22.2 Å². The number of nitriles is 1. The van der Waals surface area contributed by atoms with Crippen LogP contribution in [0.1, 0.15) is 16.7 Å². The smallest absolute Gasteiger partial charge is 0.273 e. The van der Waals surface area contributed by atoms with E-state index in [4.69, 9.17) is 9.47 Å². The van der Waals surface area contributed by atoms with Crippen LogP contribution in [0.2, 0.25) is 0 Å². The summed E-state index contributed by atoms with van der Waals surface area (Å²) >= 11 is 1.07. The van der Waals surface area contributed by atoms with E-state index in [2.05, 4.69) is 5.32 Å². The molecule has 8 heteroatoms. The fraction of sp³-hybridized carbons (Fsp3) is 0.138. The molecule has 37 heavy (non-hydrogen) atoms. The van der Waals surface area contributed by atoms with E-state index in [-0.39, 0.29) is 15.8 Å². The third-order valence-electron chi connectivity index (χ3n) is 5.67. The standard InChI is InChI=1S/C29H25N3O4S/c1-18-8-10-22(11-9-18)32-28(34)26(16-20-15-23(35-3)12-13-25(20)36-4)37-29(32)24(17-30)27(33)31-21-7-5-6-19(2)14-21/h5-16H,1-4H3,(H,31,33)/b26-16+,29-24-. The van der Waals surface area contributed by atoms with Crippen LogP contribution in [0, 0.1) is 25.2 Å². The number of hydrogen-bond donors (Lipinski definition) is 1. The Morgan fingerprint density at radius 2 is 1.76 bits per heavy atom. The Morgan fingerprint density at radius 1 is 1.00 bits per heavy atom. The molecule has 1 aromatic heterocycles. The molecule has 0 saturated heterocycles. The Morgan fingerprint density at radius 3 is 2.41 bits per heavy atom. The molecule has 0 unspecified atom stereocenters. The highest BCUT2D eigenvalue weighted by Crippen LogP contribution is 2.24. The van der Waals surface area contributed by atoms with E-state index in [9.17, 15) is 14.9 Å². The van der Waals surface area contributed by atoms with Crippen LogP contribution < -0.4 is 29.5 Å². The van der Waals surface area contributed by atoms with Crippen molar-refractivity contribution in [3.63, 3.8) is 0 Å². The number of nitrogens with zero attached hydrogens (tertiary/aromatic N) is 2. The van der Waals surface area contributed by atoms with Crippen LogP contribution in [0.25, 0.3) is 17.3 Å². The normalized spacial score (nSPS) is 12.0. The molecule has 0 spiro atoms. The summed E-state index contributed by atoms with van der Waals surface area (Å²) in [7, 11) is 3.10. The van der Waals surface area contributed by atoms with Gasteiger partial charge in [0.05, 0.1) is 24.4 Å². The molecule has 7 nitrogen and oxygen atoms in total. The van der Waals surface area contributed by atoms with Crippen LogP contribution in [0.3, 0.4) is 0 Å². The monoisotopic (exact) mass is 511 g/mol. The van der Waals surface area contributed by atoms with Gasteiger partial charge in [0.15, 0.2) is 5.57 Å². The molecule has 0 aliphatic rings. The Bertz CT molecular complexity index is 1690. The number of aromatic nitrogens is 1. The highest BCUT2D eigenvalue weighted by atomic mass is 32.1. The van der Waals surface area contributed by atoms with Crippen molar-refractivity contribution in [2.45, 2.75) is 13.8 Å². The lowest BCUT2D eigenvalue weighted by Crippen LogP contribution is -2.32. The number of ether oxygens (including phenoxy) is 2. The molecule has 0 bridgehead atoms. The summed E-state index contributed by atoms with van der Waals surface area (Å²) in [6.07, 6.45) is 1.68. The van der Waals surface area contributed by atoms with Gasteiger partial charge >= 0.3 is 0 Å². The zero-order chi connectivity index (χ0) is 26.5. The lowest BCUT2D eigenvalue weighted by molar-refractivity contribution is -0.111. The minimum atomic E-state index is -0.597. The molecule has 186 valence electrons. The summed E-state index contributed by atoms with van der Waals surface area (Å²) in [5, 5.41) is 12.8. The van der Waals surface area contributed by atoms with Crippen LogP contribution in [0.15, 0.2) is 71.5 Å². The third-order valence-corrected chi connectivity index (χ3v) is 6.76. The predicted octanol–water partition coefficient (Wildman–Crippen LogP) is 3.67. The molecule has 3 aromatic carbocycles. The molecule has 0 saturated carbocycles. The Kier molecular flexibility index (Phi) is 7.56. The van der Waals surface area contributed by atoms with Gasteiger partial charge in [0, 0.05) is 11.3 Å². The molecule has 4 aromatic rings. The van der Waals surface area contributed by atoms with Crippen LogP contribution in [-0.2, 0) is 4.79 Å². The van der Waals surface area contributed by atoms with Gasteiger partial charge in [-0.2, -0.15) is 5.26 Å². The molecule has 0 fully saturated rings. The summed E-state index contributed by atoms with van der Waals surface area (Å²) in [4.78, 5) is 26.9. The maximum Gasteiger partial charge on any atom is 0.273 e. The zero-order valence-corrected chi connectivity index (χ0v) is 21.7. The first-order chi connectivity index (χ1) is 17.8. The van der Waals surface area contributed by atoms with Crippen molar-refractivity contribution >= 4 is 34.6 Å². The summed E-state index contributed by atoms with van der Waals surface area (Å²) in [6.45, 7) is 3.85. The molecule has 1 amide bonds. The van der Waals surface area contributed by atoms with Crippen LogP contribution in [0.5, 0.6) is 11.5 Å². The molecule has 4 rings (SSSR count). The van der Waals surface area contributed by atoms with Crippen molar-refractivity contribution in [3.8, 4) is 23.3 Å². The van der Waals surface area contributed by atoms with E-state index in [0.29, 0.717) is 33.0 Å². The van der Waals surface area contributed by atoms with Crippen molar-refractivity contribution in [2.75, 3.05) is 19.5 Å². The Labute approximate surface area is 218 Å². The van der Waals surface area contributed by atoms with Crippen LogP contribution >= 0.6 is 11.3 Å². The zero-order valence-electron chi connectivity index (χ0n) is 20.9. The molecule has 0 aliphatic heterocycles. The predicted molar refractivity (Wildman–Crippen MR) is 146 cm³/mol. The van der Waals surface area contributed by atoms with E-state index in [1.807, 2.05) is 50.2 Å². The first-order valence-corrected chi connectivity index (χ1v) is 12.2. The number of anilines is 1. The number of carbonyl (C=O) groups is 1. The van der Waals surface area contributed by atoms with Gasteiger partial charge in [0.25, 0.3) is 11.5 Å². The van der Waals surface area contributed by atoms with Crippen molar-refractivity contribution in [1.82, 2.24) is 4.57 Å². The van der Waals surface area contributed by atoms with Crippen LogP contribution in [-0.4, -0.2) is 24.7 Å². The topological polar surface area (TPSA) is 93.3 Å². The summed E-state index contributed by atoms with van der Waals surface area (Å²) in [5.74, 6) is 0.559. The number of amides is 1. The minimum Gasteiger partial charge on any atom is -0.497 e. The number of rotatable bonds is 6. The van der Waals surface area contributed by atoms with E-state index >= 15 is 0 Å². The second kappa shape index (κ2) is 11.0. The molecular weight excluding hydrogens is 486 g/mol. The lowest BCUT2D eigenvalue weighted by Gasteiger charge is -2.07. The molecule has 0 radical (unpaired) electrons. The minimum absolute atomic E-state index is 0.165. The van der Waals surface area contributed by atoms with E-state index in [1.165, 1.54) is 4.57 Å². The van der Waals surface area contributed by atoms with Gasteiger partial charge in [-0.25, -0.2) is 0 Å². The van der Waals surface area contributed by atoms with Gasteiger partial charge in [-0.05, 0) is 68.0 Å². The summed E-state index contributed by atoms with van der Waals surface area (Å²) in [5.41, 5.74) is 3.20. The summed E-state index contributed by atoms with van der Waals surface area (Å²) in [6, 6.07) is 21.9. The average molecular weight is 512 g/mol. The second-order valence-electron chi connectivity index (χ2n) is 8.31. The highest BCUT2D eigenvalue weighted by molar-refractivity contribution is 7.07. The number of benzene rings is 3. The fourth-order valence-corrected chi connectivity index (χ4v) is 4.88. The first-order valence-electron chi connectivity index (χ1n) is 11.4. The number of methoxy groups -OCH3 is 2. The van der Waals surface area contributed by atoms with Gasteiger partial charge in [-0.3, -0.25) is 14.2 Å². The number of carbonyl (C=O) groups excluding carboxylic acids is 1. The van der Waals surface area contributed by atoms with E-state index in [1.54, 1.807) is 56.7 Å². The Balaban J connectivity index is 1.99. The Hall–Kier alpha value is -4.61. The maximum atomic E-state index is 13.7. The fourth-order valence-electron chi connectivity index (χ4n) is 3.78. The quantitative estimate of drug-likeness (QED) is 0.426. The van der Waals surface area contributed by atoms with Gasteiger partial charge < -0.3 is 14.8 Å². The summed E-state index contributed by atoms with van der Waals surface area (Å²) < 4.78 is 12.8. The number of nitrogens with one attached hydrogen (secondary N) is 1. The van der Waals surface area contributed by atoms with Crippen LogP contribution in [0.4, 0.5) is 5.69 Å². The van der Waals surface area contributed by atoms with Gasteiger partial charge in [-0.15, -0.1) is 11.3 Å². The highest BCUT2D eigenvalue weighted by Gasteiger charge is 2.18. The lowest BCUT2D eigenvalue weighted by atomic mass is 10.2. The van der Waals surface area contributed by atoms with Gasteiger partial charge in [0.2, 0.25) is 0 Å². The third kappa shape index (κ3) is 5.47. The largest absolute Gasteiger partial charge is 0.497 e. The second-order valence-corrected chi connectivity index (χ2v) is 9.34. The van der Waals surface area contributed by atoms with Crippen molar-refractivity contribution in [1.29, 1.82) is 5.26 Å². The number of aryl methyl sites for hydroxylation is 2. The van der Waals surface area contributed by atoms with E-state index in [0.717, 1.165) is 22.5 Å². The first kappa shape index (κ1) is 25.5. The number of hydrogen-bond acceptors (Lipinski definition) is 6. The van der Waals surface area contributed by atoms with Crippen molar-refractivity contribution < 1.29 is 14.3 Å². The van der Waals surface area contributed by atoms with Crippen molar-refractivity contribution in [2.24, 2.45) is 0 Å². The molecule has 0 aliphatic carbocycles. The molecule has 0 atom stereocenters. The number of thiazole rings is 1. The SMILES string of the molecule is COc1ccc(OC)c(/C=c2/s/c(=C(/C#N)C(=O)Nc3cccc(C)c3)n(-c3ccc(C)cc3)c2=O)c1. The average Bonchev–Trinajstić information content (AvgIpc) is 3.20. The van der Waals surface area contributed by atoms with E-state index < -0.39 is 5.91 Å². The van der Waals surface area contributed by atoms with Crippen molar-refractivity contribution in [3.05, 3.63) is 103 Å². The molecule has 1 heterocycles.